The predicted octanol–water partition coefficient (Wildman–Crippen LogP) is 10.7. The third-order valence-electron chi connectivity index (χ3n) is 5.92. The molecule has 0 saturated heterocycles. The molecule has 0 amide bonds. The SMILES string of the molecule is CC(C)c1ccccc1.CCCCCc1ccccc1.CCc1ccccc1CC.c1ccccc1. The van der Waals surface area contributed by atoms with E-state index >= 15 is 0 Å². The molecule has 0 unspecified atom stereocenters. The number of rotatable bonds is 7. The standard InChI is InChI=1S/C11H16.C10H14.C9H12.C6H6/c1-2-3-5-8-11-9-6-4-7-10-11;1-3-9-7-5-6-8-10(9)4-2;1-8(2)9-6-4-3-5-7-9;1-2-4-6-5-3-1/h4,6-7,9-10H,2-3,5,8H2,1H3;5-8H,3-4H2,1-2H3;3-8H,1-2H3;1-6H. The molecule has 0 spiro atoms. The van der Waals surface area contributed by atoms with Crippen LogP contribution in [0.4, 0.5) is 0 Å². The molecule has 0 N–H and O–H groups in total. The van der Waals surface area contributed by atoms with Gasteiger partial charge in [-0.2, -0.15) is 0 Å². The van der Waals surface area contributed by atoms with Crippen LogP contribution in [0.1, 0.15) is 82.1 Å². The number of aryl methyl sites for hydroxylation is 3. The van der Waals surface area contributed by atoms with Crippen molar-refractivity contribution >= 4 is 0 Å². The van der Waals surface area contributed by atoms with Gasteiger partial charge in [0, 0.05) is 0 Å². The van der Waals surface area contributed by atoms with E-state index in [0.29, 0.717) is 5.92 Å². The largest absolute Gasteiger partial charge is 0.0654 e. The van der Waals surface area contributed by atoms with Crippen LogP contribution < -0.4 is 0 Å². The van der Waals surface area contributed by atoms with Crippen molar-refractivity contribution < 1.29 is 0 Å². The van der Waals surface area contributed by atoms with E-state index in [1.165, 1.54) is 47.9 Å². The van der Waals surface area contributed by atoms with Crippen LogP contribution >= 0.6 is 0 Å². The molecule has 192 valence electrons. The molecule has 0 heteroatoms. The molecule has 0 saturated carbocycles. The lowest BCUT2D eigenvalue weighted by Gasteiger charge is -2.02. The Kier molecular flexibility index (Phi) is 18.2. The van der Waals surface area contributed by atoms with Gasteiger partial charge in [0.1, 0.15) is 0 Å². The molecule has 0 nitrogen and oxygen atoms in total. The van der Waals surface area contributed by atoms with Crippen LogP contribution in [0.25, 0.3) is 0 Å². The van der Waals surface area contributed by atoms with Gasteiger partial charge in [0.2, 0.25) is 0 Å². The van der Waals surface area contributed by atoms with Crippen molar-refractivity contribution in [2.45, 2.75) is 79.1 Å². The average molecular weight is 481 g/mol. The molecule has 0 bridgehead atoms. The fourth-order valence-corrected chi connectivity index (χ4v) is 3.69. The van der Waals surface area contributed by atoms with Crippen LogP contribution in [-0.2, 0) is 19.3 Å². The van der Waals surface area contributed by atoms with E-state index in [4.69, 9.17) is 0 Å². The summed E-state index contributed by atoms with van der Waals surface area (Å²) in [4.78, 5) is 0. The topological polar surface area (TPSA) is 0 Å². The van der Waals surface area contributed by atoms with Crippen molar-refractivity contribution in [3.8, 4) is 0 Å². The fourth-order valence-electron chi connectivity index (χ4n) is 3.69. The van der Waals surface area contributed by atoms with E-state index in [1.54, 1.807) is 0 Å². The third-order valence-corrected chi connectivity index (χ3v) is 5.92. The summed E-state index contributed by atoms with van der Waals surface area (Å²) in [5.41, 5.74) is 5.87. The Bertz CT molecular complexity index is 922. The Morgan fingerprint density at radius 1 is 0.472 bits per heavy atom. The molecule has 0 aliphatic carbocycles. The van der Waals surface area contributed by atoms with Crippen molar-refractivity contribution in [2.24, 2.45) is 0 Å². The quantitative estimate of drug-likeness (QED) is 0.231. The Morgan fingerprint density at radius 3 is 1.22 bits per heavy atom. The second-order valence-electron chi connectivity index (χ2n) is 9.14. The lowest BCUT2D eigenvalue weighted by molar-refractivity contribution is 0.717. The molecule has 0 aromatic heterocycles. The highest BCUT2D eigenvalue weighted by atomic mass is 14.0. The molecular weight excluding hydrogens is 432 g/mol. The first-order chi connectivity index (χ1) is 17.6. The number of benzene rings is 4. The van der Waals surface area contributed by atoms with Gasteiger partial charge >= 0.3 is 0 Å². The van der Waals surface area contributed by atoms with E-state index in [1.807, 2.05) is 42.5 Å². The van der Waals surface area contributed by atoms with Gasteiger partial charge in [0.05, 0.1) is 0 Å². The number of hydrogen-bond acceptors (Lipinski definition) is 0. The van der Waals surface area contributed by atoms with Gasteiger partial charge in [0.25, 0.3) is 0 Å². The third kappa shape index (κ3) is 15.0. The zero-order valence-corrected chi connectivity index (χ0v) is 23.4. The second-order valence-corrected chi connectivity index (χ2v) is 9.14. The summed E-state index contributed by atoms with van der Waals surface area (Å²) in [6, 6.07) is 41.9. The highest BCUT2D eigenvalue weighted by molar-refractivity contribution is 5.26. The molecule has 36 heavy (non-hydrogen) atoms. The van der Waals surface area contributed by atoms with Gasteiger partial charge in [-0.1, -0.05) is 169 Å². The summed E-state index contributed by atoms with van der Waals surface area (Å²) >= 11 is 0. The summed E-state index contributed by atoms with van der Waals surface area (Å²) in [5, 5.41) is 0. The average Bonchev–Trinajstić information content (AvgIpc) is 2.96. The Labute approximate surface area is 222 Å². The monoisotopic (exact) mass is 480 g/mol. The maximum Gasteiger partial charge on any atom is -0.0219 e. The second kappa shape index (κ2) is 21.2. The Morgan fingerprint density at radius 2 is 0.861 bits per heavy atom. The van der Waals surface area contributed by atoms with Crippen LogP contribution in [0, 0.1) is 0 Å². The summed E-state index contributed by atoms with van der Waals surface area (Å²) in [5.74, 6) is 0.659. The van der Waals surface area contributed by atoms with Gasteiger partial charge in [-0.25, -0.2) is 0 Å². The van der Waals surface area contributed by atoms with E-state index in [-0.39, 0.29) is 0 Å². The maximum atomic E-state index is 2.24. The Hall–Kier alpha value is -3.12. The van der Waals surface area contributed by atoms with Crippen LogP contribution in [-0.4, -0.2) is 0 Å². The molecule has 0 heterocycles. The summed E-state index contributed by atoms with van der Waals surface area (Å²) in [7, 11) is 0. The fraction of sp³-hybridized carbons (Fsp3) is 0.333. The van der Waals surface area contributed by atoms with Crippen molar-refractivity contribution in [3.63, 3.8) is 0 Å². The molecule has 4 aromatic rings. The minimum absolute atomic E-state index is 0.659. The van der Waals surface area contributed by atoms with E-state index in [0.717, 1.165) is 12.8 Å². The normalized spacial score (nSPS) is 9.61. The first-order valence-electron chi connectivity index (χ1n) is 13.8. The first kappa shape index (κ1) is 30.9. The van der Waals surface area contributed by atoms with Crippen LogP contribution in [0.2, 0.25) is 0 Å². The lowest BCUT2D eigenvalue weighted by atomic mass is 10.0. The predicted molar refractivity (Wildman–Crippen MR) is 162 cm³/mol. The van der Waals surface area contributed by atoms with Crippen molar-refractivity contribution in [2.75, 3.05) is 0 Å². The van der Waals surface area contributed by atoms with E-state index in [2.05, 4.69) is 113 Å². The van der Waals surface area contributed by atoms with Gasteiger partial charge in [0.15, 0.2) is 0 Å². The zero-order valence-electron chi connectivity index (χ0n) is 23.4. The van der Waals surface area contributed by atoms with Gasteiger partial charge in [-0.05, 0) is 53.9 Å². The van der Waals surface area contributed by atoms with Gasteiger partial charge in [-0.3, -0.25) is 0 Å². The molecule has 4 rings (SSSR count). The summed E-state index contributed by atoms with van der Waals surface area (Å²) in [6.45, 7) is 11.1. The van der Waals surface area contributed by atoms with Crippen LogP contribution in [0.5, 0.6) is 0 Å². The summed E-state index contributed by atoms with van der Waals surface area (Å²) < 4.78 is 0. The highest BCUT2D eigenvalue weighted by Crippen LogP contribution is 2.12. The van der Waals surface area contributed by atoms with Crippen molar-refractivity contribution in [1.82, 2.24) is 0 Å². The highest BCUT2D eigenvalue weighted by Gasteiger charge is 1.94. The molecule has 0 fully saturated rings. The smallest absolute Gasteiger partial charge is 0.0219 e. The zero-order chi connectivity index (χ0) is 26.3. The summed E-state index contributed by atoms with van der Waals surface area (Å²) in [6.07, 6.45) is 7.56. The molecule has 0 aliphatic heterocycles. The molecule has 4 aromatic carbocycles. The number of hydrogen-bond donors (Lipinski definition) is 0. The Balaban J connectivity index is 0.000000244. The lowest BCUT2D eigenvalue weighted by Crippen LogP contribution is -1.88. The van der Waals surface area contributed by atoms with Crippen molar-refractivity contribution in [1.29, 1.82) is 0 Å². The molecule has 0 radical (unpaired) electrons. The minimum atomic E-state index is 0.659. The van der Waals surface area contributed by atoms with Crippen LogP contribution in [0.15, 0.2) is 121 Å². The minimum Gasteiger partial charge on any atom is -0.0654 e. The van der Waals surface area contributed by atoms with Crippen LogP contribution in [0.3, 0.4) is 0 Å². The van der Waals surface area contributed by atoms with E-state index < -0.39 is 0 Å². The maximum absolute atomic E-state index is 2.24. The van der Waals surface area contributed by atoms with Gasteiger partial charge in [-0.15, -0.1) is 0 Å². The molecular formula is C36H48. The molecule has 0 atom stereocenters. The molecule has 0 aliphatic rings. The van der Waals surface area contributed by atoms with E-state index in [9.17, 15) is 0 Å². The van der Waals surface area contributed by atoms with Crippen molar-refractivity contribution in [3.05, 3.63) is 144 Å². The first-order valence-corrected chi connectivity index (χ1v) is 13.8. The van der Waals surface area contributed by atoms with Gasteiger partial charge < -0.3 is 0 Å². The number of unbranched alkanes of at least 4 members (excludes halogenated alkanes) is 2.